The maximum Gasteiger partial charge on any atom is 0.309 e. The van der Waals surface area contributed by atoms with E-state index in [9.17, 15) is 27.9 Å². The number of benzene rings is 1. The van der Waals surface area contributed by atoms with Crippen molar-refractivity contribution in [2.24, 2.45) is 13.0 Å². The van der Waals surface area contributed by atoms with Crippen molar-refractivity contribution >= 4 is 38.9 Å². The van der Waals surface area contributed by atoms with Crippen molar-refractivity contribution in [2.45, 2.75) is 33.2 Å². The molecule has 0 aliphatic carbocycles. The number of amides is 2. The molecule has 1 fully saturated rings. The number of piperidine rings is 1. The molecular formula is C20H26N4O6S. The number of aryl methyl sites for hydroxylation is 3. The molecule has 2 unspecified atom stereocenters. The SMILES string of the molecule is CC(=O)NS(=O)(=O)N1CCC(NC(=O)c2cc3c(C)c(C)ccc3n2C)C(C(=O)O)C1. The molecule has 0 spiro atoms. The van der Waals surface area contributed by atoms with Gasteiger partial charge in [0.15, 0.2) is 0 Å². The van der Waals surface area contributed by atoms with Gasteiger partial charge < -0.3 is 15.0 Å². The maximum absolute atomic E-state index is 13.0. The zero-order valence-electron chi connectivity index (χ0n) is 17.8. The number of carbonyl (C=O) groups is 3. The summed E-state index contributed by atoms with van der Waals surface area (Å²) in [4.78, 5) is 35.9. The number of hydrogen-bond acceptors (Lipinski definition) is 5. The highest BCUT2D eigenvalue weighted by molar-refractivity contribution is 7.87. The standard InChI is InChI=1S/C20H26N4O6S/c1-11-5-6-17-14(12(11)2)9-18(23(17)4)19(26)21-16-7-8-24(10-15(16)20(27)28)31(29,30)22-13(3)25/h5-6,9,15-16H,7-8,10H2,1-4H3,(H,21,26)(H,22,25)(H,27,28). The summed E-state index contributed by atoms with van der Waals surface area (Å²) in [5, 5.41) is 13.3. The van der Waals surface area contributed by atoms with Gasteiger partial charge in [-0.25, -0.2) is 4.72 Å². The van der Waals surface area contributed by atoms with E-state index in [4.69, 9.17) is 0 Å². The molecule has 2 heterocycles. The van der Waals surface area contributed by atoms with Crippen molar-refractivity contribution in [1.82, 2.24) is 18.9 Å². The molecule has 3 rings (SSSR count). The first-order valence-electron chi connectivity index (χ1n) is 9.80. The van der Waals surface area contributed by atoms with Crippen molar-refractivity contribution in [2.75, 3.05) is 13.1 Å². The first-order chi connectivity index (χ1) is 14.4. The molecule has 1 saturated heterocycles. The Bertz CT molecular complexity index is 1170. The molecule has 0 radical (unpaired) electrons. The van der Waals surface area contributed by atoms with Gasteiger partial charge in [-0.1, -0.05) is 6.07 Å². The van der Waals surface area contributed by atoms with Crippen LogP contribution in [-0.4, -0.2) is 59.3 Å². The Kier molecular flexibility index (Phi) is 6.10. The van der Waals surface area contributed by atoms with Gasteiger partial charge in [0.2, 0.25) is 5.91 Å². The Hall–Kier alpha value is -2.92. The molecule has 2 aromatic rings. The third kappa shape index (κ3) is 4.42. The fourth-order valence-electron chi connectivity index (χ4n) is 3.93. The van der Waals surface area contributed by atoms with E-state index >= 15 is 0 Å². The summed E-state index contributed by atoms with van der Waals surface area (Å²) in [5.74, 6) is -3.56. The van der Waals surface area contributed by atoms with Gasteiger partial charge in [-0.05, 0) is 43.5 Å². The monoisotopic (exact) mass is 450 g/mol. The summed E-state index contributed by atoms with van der Waals surface area (Å²) < 4.78 is 29.0. The number of hydrogen-bond donors (Lipinski definition) is 3. The summed E-state index contributed by atoms with van der Waals surface area (Å²) in [7, 11) is -2.37. The Morgan fingerprint density at radius 2 is 1.87 bits per heavy atom. The van der Waals surface area contributed by atoms with Gasteiger partial charge in [-0.15, -0.1) is 0 Å². The first-order valence-corrected chi connectivity index (χ1v) is 11.2. The molecule has 168 valence electrons. The van der Waals surface area contributed by atoms with Gasteiger partial charge in [0, 0.05) is 44.0 Å². The van der Waals surface area contributed by atoms with Crippen molar-refractivity contribution in [3.05, 3.63) is 35.0 Å². The maximum atomic E-state index is 13.0. The zero-order valence-corrected chi connectivity index (χ0v) is 18.6. The molecule has 2 atom stereocenters. The minimum atomic E-state index is -4.13. The van der Waals surface area contributed by atoms with Crippen LogP contribution >= 0.6 is 0 Å². The summed E-state index contributed by atoms with van der Waals surface area (Å²) in [6.45, 7) is 4.65. The van der Waals surface area contributed by atoms with Crippen molar-refractivity contribution in [1.29, 1.82) is 0 Å². The third-order valence-corrected chi connectivity index (χ3v) is 7.38. The molecular weight excluding hydrogens is 424 g/mol. The fraction of sp³-hybridized carbons (Fsp3) is 0.450. The highest BCUT2D eigenvalue weighted by Crippen LogP contribution is 2.26. The summed E-state index contributed by atoms with van der Waals surface area (Å²) in [5.41, 5.74) is 3.44. The summed E-state index contributed by atoms with van der Waals surface area (Å²) in [6.07, 6.45) is 0.101. The van der Waals surface area contributed by atoms with Gasteiger partial charge in [-0.2, -0.15) is 12.7 Å². The molecule has 10 nitrogen and oxygen atoms in total. The molecule has 1 aliphatic heterocycles. The van der Waals surface area contributed by atoms with Crippen LogP contribution in [0.3, 0.4) is 0 Å². The van der Waals surface area contributed by atoms with E-state index in [0.29, 0.717) is 5.69 Å². The lowest BCUT2D eigenvalue weighted by Gasteiger charge is -2.35. The number of nitrogens with zero attached hydrogens (tertiary/aromatic N) is 2. The van der Waals surface area contributed by atoms with E-state index in [1.165, 1.54) is 0 Å². The van der Waals surface area contributed by atoms with Crippen molar-refractivity contribution in [3.63, 3.8) is 0 Å². The predicted octanol–water partition coefficient (Wildman–Crippen LogP) is 0.681. The van der Waals surface area contributed by atoms with Gasteiger partial charge in [0.1, 0.15) is 5.69 Å². The Labute approximate surface area is 180 Å². The first kappa shape index (κ1) is 22.8. The minimum Gasteiger partial charge on any atom is -0.481 e. The average molecular weight is 451 g/mol. The van der Waals surface area contributed by atoms with Crippen LogP contribution in [0.4, 0.5) is 0 Å². The molecule has 0 saturated carbocycles. The summed E-state index contributed by atoms with van der Waals surface area (Å²) in [6, 6.07) is 4.93. The van der Waals surface area contributed by atoms with Crippen LogP contribution in [0, 0.1) is 19.8 Å². The van der Waals surface area contributed by atoms with Gasteiger partial charge in [0.05, 0.1) is 5.92 Å². The minimum absolute atomic E-state index is 0.0231. The van der Waals surface area contributed by atoms with E-state index < -0.39 is 40.0 Å². The highest BCUT2D eigenvalue weighted by Gasteiger charge is 2.40. The second-order valence-corrected chi connectivity index (χ2v) is 9.53. The van der Waals surface area contributed by atoms with Crippen molar-refractivity contribution in [3.8, 4) is 0 Å². The van der Waals surface area contributed by atoms with E-state index in [0.717, 1.165) is 33.3 Å². The molecule has 11 heteroatoms. The second kappa shape index (κ2) is 8.31. The topological polar surface area (TPSA) is 138 Å². The predicted molar refractivity (Wildman–Crippen MR) is 114 cm³/mol. The number of carbonyl (C=O) groups excluding carboxylic acids is 2. The molecule has 0 bridgehead atoms. The largest absolute Gasteiger partial charge is 0.481 e. The normalized spacial score (nSPS) is 19.9. The molecule has 1 aromatic heterocycles. The van der Waals surface area contributed by atoms with E-state index in [1.54, 1.807) is 17.7 Å². The quantitative estimate of drug-likeness (QED) is 0.613. The second-order valence-electron chi connectivity index (χ2n) is 7.86. The Morgan fingerprint density at radius 3 is 2.48 bits per heavy atom. The molecule has 2 amide bonds. The summed E-state index contributed by atoms with van der Waals surface area (Å²) >= 11 is 0. The Morgan fingerprint density at radius 1 is 1.19 bits per heavy atom. The number of fused-ring (bicyclic) bond motifs is 1. The molecule has 1 aliphatic rings. The zero-order chi connectivity index (χ0) is 23.1. The van der Waals surface area contributed by atoms with Gasteiger partial charge in [0.25, 0.3) is 5.91 Å². The number of nitrogens with one attached hydrogen (secondary N) is 2. The number of aromatic nitrogens is 1. The van der Waals surface area contributed by atoms with Crippen LogP contribution in [0.2, 0.25) is 0 Å². The molecule has 1 aromatic carbocycles. The fourth-order valence-corrected chi connectivity index (χ4v) is 5.13. The lowest BCUT2D eigenvalue weighted by molar-refractivity contribution is -0.143. The van der Waals surface area contributed by atoms with Crippen LogP contribution in [0.1, 0.15) is 35.0 Å². The van der Waals surface area contributed by atoms with Crippen LogP contribution in [0.5, 0.6) is 0 Å². The number of rotatable bonds is 5. The van der Waals surface area contributed by atoms with Crippen LogP contribution < -0.4 is 10.0 Å². The smallest absolute Gasteiger partial charge is 0.309 e. The number of carboxylic acid groups (broad SMARTS) is 1. The van der Waals surface area contributed by atoms with E-state index in [2.05, 4.69) is 5.32 Å². The number of aliphatic carboxylic acids is 1. The van der Waals surface area contributed by atoms with E-state index in [-0.39, 0.29) is 19.5 Å². The van der Waals surface area contributed by atoms with Crippen LogP contribution in [0.25, 0.3) is 10.9 Å². The number of carboxylic acids is 1. The van der Waals surface area contributed by atoms with Crippen LogP contribution in [0.15, 0.2) is 18.2 Å². The van der Waals surface area contributed by atoms with Crippen molar-refractivity contribution < 1.29 is 27.9 Å². The lowest BCUT2D eigenvalue weighted by Crippen LogP contribution is -2.57. The average Bonchev–Trinajstić information content (AvgIpc) is 3.01. The lowest BCUT2D eigenvalue weighted by atomic mass is 9.93. The Balaban J connectivity index is 1.82. The third-order valence-electron chi connectivity index (χ3n) is 5.82. The van der Waals surface area contributed by atoms with Crippen LogP contribution in [-0.2, 0) is 26.8 Å². The van der Waals surface area contributed by atoms with E-state index in [1.807, 2.05) is 30.7 Å². The molecule has 31 heavy (non-hydrogen) atoms. The molecule has 3 N–H and O–H groups in total. The van der Waals surface area contributed by atoms with Gasteiger partial charge in [-0.3, -0.25) is 14.4 Å². The highest BCUT2D eigenvalue weighted by atomic mass is 32.2. The van der Waals surface area contributed by atoms with Gasteiger partial charge >= 0.3 is 16.2 Å².